The summed E-state index contributed by atoms with van der Waals surface area (Å²) in [5.74, 6) is -0.876. The van der Waals surface area contributed by atoms with Gasteiger partial charge in [0, 0.05) is 44.4 Å². The number of halogens is 3. The Morgan fingerprint density at radius 2 is 2.08 bits per heavy atom. The minimum atomic E-state index is -4.48. The van der Waals surface area contributed by atoms with Crippen molar-refractivity contribution in [1.82, 2.24) is 14.9 Å². The van der Waals surface area contributed by atoms with Crippen LogP contribution in [0.15, 0.2) is 18.2 Å². The highest BCUT2D eigenvalue weighted by molar-refractivity contribution is 5.94. The predicted molar refractivity (Wildman–Crippen MR) is 86.1 cm³/mol. The van der Waals surface area contributed by atoms with Crippen molar-refractivity contribution in [2.45, 2.75) is 32.6 Å². The highest BCUT2D eigenvalue weighted by Crippen LogP contribution is 2.37. The van der Waals surface area contributed by atoms with Crippen LogP contribution in [0.2, 0.25) is 0 Å². The zero-order valence-electron chi connectivity index (χ0n) is 13.7. The Bertz CT molecular complexity index is 856. The summed E-state index contributed by atoms with van der Waals surface area (Å²) in [5.41, 5.74) is 3.38. The van der Waals surface area contributed by atoms with Gasteiger partial charge in [0.15, 0.2) is 0 Å². The first-order chi connectivity index (χ1) is 11.9. The molecular weight excluding hydrogens is 333 g/mol. The van der Waals surface area contributed by atoms with Crippen LogP contribution in [0.5, 0.6) is 0 Å². The van der Waals surface area contributed by atoms with Crippen LogP contribution in [-0.2, 0) is 30.5 Å². The molecule has 1 aromatic carbocycles. The summed E-state index contributed by atoms with van der Waals surface area (Å²) in [4.78, 5) is 17.3. The van der Waals surface area contributed by atoms with E-state index in [0.717, 1.165) is 11.3 Å². The summed E-state index contributed by atoms with van der Waals surface area (Å²) in [6.45, 7) is 3.21. The fourth-order valence-electron chi connectivity index (χ4n) is 3.63. The van der Waals surface area contributed by atoms with Crippen molar-refractivity contribution in [1.29, 1.82) is 0 Å². The third-order valence-corrected chi connectivity index (χ3v) is 4.76. The Morgan fingerprint density at radius 3 is 2.80 bits per heavy atom. The molecule has 4 rings (SSSR count). The molecule has 2 aromatic rings. The van der Waals surface area contributed by atoms with Crippen LogP contribution in [0.25, 0.3) is 11.3 Å². The molecular formula is C17H17F3N4O. The van der Waals surface area contributed by atoms with Gasteiger partial charge in [-0.25, -0.2) is 4.98 Å². The molecule has 2 aliphatic rings. The molecule has 2 aliphatic heterocycles. The molecule has 0 saturated heterocycles. The Morgan fingerprint density at radius 1 is 1.28 bits per heavy atom. The number of alkyl halides is 3. The van der Waals surface area contributed by atoms with Gasteiger partial charge >= 0.3 is 6.18 Å². The molecule has 1 amide bonds. The maximum Gasteiger partial charge on any atom is 0.449 e. The first-order valence-corrected chi connectivity index (χ1v) is 8.15. The number of nitrogens with zero attached hydrogens (tertiary/aromatic N) is 3. The van der Waals surface area contributed by atoms with E-state index in [9.17, 15) is 18.0 Å². The summed E-state index contributed by atoms with van der Waals surface area (Å²) < 4.78 is 41.2. The van der Waals surface area contributed by atoms with Gasteiger partial charge in [-0.2, -0.15) is 13.2 Å². The Labute approximate surface area is 142 Å². The Kier molecular flexibility index (Phi) is 3.61. The molecule has 8 heteroatoms. The van der Waals surface area contributed by atoms with Crippen LogP contribution in [0, 0.1) is 0 Å². The van der Waals surface area contributed by atoms with Crippen molar-refractivity contribution in [3.8, 4) is 11.3 Å². The molecule has 132 valence electrons. The first-order valence-electron chi connectivity index (χ1n) is 8.15. The van der Waals surface area contributed by atoms with Crippen LogP contribution < -0.4 is 10.2 Å². The topological polar surface area (TPSA) is 50.2 Å². The largest absolute Gasteiger partial charge is 0.449 e. The van der Waals surface area contributed by atoms with Crippen molar-refractivity contribution in [2.75, 3.05) is 18.0 Å². The third kappa shape index (κ3) is 2.60. The maximum absolute atomic E-state index is 13.3. The second-order valence-corrected chi connectivity index (χ2v) is 6.32. The molecule has 0 spiro atoms. The summed E-state index contributed by atoms with van der Waals surface area (Å²) in [6.07, 6.45) is -3.78. The molecule has 0 fully saturated rings. The number of amides is 1. The first kappa shape index (κ1) is 16.1. The van der Waals surface area contributed by atoms with Gasteiger partial charge in [-0.3, -0.25) is 4.79 Å². The fraction of sp³-hybridized carbons (Fsp3) is 0.412. The van der Waals surface area contributed by atoms with Crippen molar-refractivity contribution in [3.63, 3.8) is 0 Å². The number of anilines is 1. The average Bonchev–Trinajstić information content (AvgIpc) is 3.15. The summed E-state index contributed by atoms with van der Waals surface area (Å²) >= 11 is 0. The number of aromatic nitrogens is 2. The van der Waals surface area contributed by atoms with Gasteiger partial charge in [0.1, 0.15) is 0 Å². The lowest BCUT2D eigenvalue weighted by Crippen LogP contribution is -2.30. The van der Waals surface area contributed by atoms with Gasteiger partial charge < -0.3 is 14.8 Å². The number of benzene rings is 1. The maximum atomic E-state index is 13.3. The minimum absolute atomic E-state index is 0.0329. The molecule has 5 nitrogen and oxygen atoms in total. The molecule has 1 aromatic heterocycles. The van der Waals surface area contributed by atoms with Crippen molar-refractivity contribution >= 4 is 11.6 Å². The van der Waals surface area contributed by atoms with Gasteiger partial charge in [0.2, 0.25) is 11.7 Å². The van der Waals surface area contributed by atoms with Crippen LogP contribution in [0.3, 0.4) is 0 Å². The van der Waals surface area contributed by atoms with E-state index in [2.05, 4.69) is 10.3 Å². The lowest BCUT2D eigenvalue weighted by molar-refractivity contribution is -0.147. The summed E-state index contributed by atoms with van der Waals surface area (Å²) in [7, 11) is 0. The van der Waals surface area contributed by atoms with Crippen LogP contribution in [0.4, 0.5) is 18.9 Å². The van der Waals surface area contributed by atoms with E-state index in [1.54, 1.807) is 17.0 Å². The van der Waals surface area contributed by atoms with Gasteiger partial charge in [0.25, 0.3) is 0 Å². The molecule has 0 aliphatic carbocycles. The number of nitrogens with one attached hydrogen (secondary N) is 1. The molecule has 25 heavy (non-hydrogen) atoms. The van der Waals surface area contributed by atoms with Crippen molar-refractivity contribution in [2.24, 2.45) is 0 Å². The zero-order valence-corrected chi connectivity index (χ0v) is 13.7. The minimum Gasteiger partial charge on any atom is -0.321 e. The van der Waals surface area contributed by atoms with Gasteiger partial charge in [-0.1, -0.05) is 6.07 Å². The highest BCUT2D eigenvalue weighted by atomic mass is 19.4. The van der Waals surface area contributed by atoms with E-state index in [4.69, 9.17) is 0 Å². The number of fused-ring (bicyclic) bond motifs is 2. The molecule has 0 atom stereocenters. The monoisotopic (exact) mass is 350 g/mol. The van der Waals surface area contributed by atoms with E-state index in [1.165, 1.54) is 11.5 Å². The quantitative estimate of drug-likeness (QED) is 0.860. The molecule has 1 N–H and O–H groups in total. The smallest absolute Gasteiger partial charge is 0.321 e. The molecule has 0 saturated carbocycles. The van der Waals surface area contributed by atoms with Crippen LogP contribution in [0.1, 0.15) is 24.0 Å². The van der Waals surface area contributed by atoms with E-state index in [0.29, 0.717) is 43.0 Å². The standard InChI is InChI=1S/C17H17F3N4O/c1-10(25)23-6-4-11-8-12(2-3-13(11)23)15-14-9-21-5-7-24(14)16(22-15)17(18,19)20/h2-3,8,21H,4-7,9H2,1H3. The summed E-state index contributed by atoms with van der Waals surface area (Å²) in [5, 5.41) is 3.11. The lowest BCUT2D eigenvalue weighted by Gasteiger charge is -2.19. The van der Waals surface area contributed by atoms with Crippen molar-refractivity contribution in [3.05, 3.63) is 35.3 Å². The lowest BCUT2D eigenvalue weighted by atomic mass is 10.0. The van der Waals surface area contributed by atoms with E-state index >= 15 is 0 Å². The average molecular weight is 350 g/mol. The SMILES string of the molecule is CC(=O)N1CCc2cc(-c3nc(C(F)(F)F)n4c3CNCC4)ccc21. The fourth-order valence-corrected chi connectivity index (χ4v) is 3.63. The number of carbonyl (C=O) groups is 1. The second kappa shape index (κ2) is 5.59. The number of rotatable bonds is 1. The highest BCUT2D eigenvalue weighted by Gasteiger charge is 2.39. The number of imidazole rings is 1. The predicted octanol–water partition coefficient (Wildman–Crippen LogP) is 2.58. The zero-order chi connectivity index (χ0) is 17.8. The second-order valence-electron chi connectivity index (χ2n) is 6.32. The van der Waals surface area contributed by atoms with Gasteiger partial charge in [-0.05, 0) is 24.1 Å². The Balaban J connectivity index is 1.81. The third-order valence-electron chi connectivity index (χ3n) is 4.76. The molecule has 0 unspecified atom stereocenters. The number of hydrogen-bond donors (Lipinski definition) is 1. The number of carbonyl (C=O) groups excluding carboxylic acids is 1. The van der Waals surface area contributed by atoms with Gasteiger partial charge in [-0.15, -0.1) is 0 Å². The van der Waals surface area contributed by atoms with E-state index in [1.807, 2.05) is 6.07 Å². The molecule has 3 heterocycles. The number of hydrogen-bond acceptors (Lipinski definition) is 3. The molecule has 0 bridgehead atoms. The summed E-state index contributed by atoms with van der Waals surface area (Å²) in [6, 6.07) is 5.41. The Hall–Kier alpha value is -2.35. The van der Waals surface area contributed by atoms with Gasteiger partial charge in [0.05, 0.1) is 11.4 Å². The van der Waals surface area contributed by atoms with E-state index in [-0.39, 0.29) is 12.5 Å². The molecule has 0 radical (unpaired) electrons. The normalized spacial score (nSPS) is 16.7. The van der Waals surface area contributed by atoms with Crippen molar-refractivity contribution < 1.29 is 18.0 Å². The van der Waals surface area contributed by atoms with Crippen LogP contribution in [-0.4, -0.2) is 28.5 Å². The van der Waals surface area contributed by atoms with Crippen LogP contribution >= 0.6 is 0 Å². The van der Waals surface area contributed by atoms with E-state index < -0.39 is 12.0 Å².